The zero-order chi connectivity index (χ0) is 18.7. The number of amides is 1. The van der Waals surface area contributed by atoms with Crippen molar-refractivity contribution in [1.82, 2.24) is 10.2 Å². The zero-order valence-corrected chi connectivity index (χ0v) is 14.6. The maximum absolute atomic E-state index is 13.1. The first-order chi connectivity index (χ1) is 12.5. The van der Waals surface area contributed by atoms with Crippen LogP contribution in [0.3, 0.4) is 0 Å². The topological polar surface area (TPSA) is 102 Å². The molecule has 0 aliphatic carbocycles. The molecule has 3 rings (SSSR count). The number of nitro groups is 1. The fraction of sp³-hybridized carbons (Fsp3) is 0.316. The van der Waals surface area contributed by atoms with E-state index in [0.29, 0.717) is 19.6 Å². The molecule has 1 unspecified atom stereocenters. The summed E-state index contributed by atoms with van der Waals surface area (Å²) in [5.41, 5.74) is 8.03. The van der Waals surface area contributed by atoms with E-state index < -0.39 is 4.92 Å². The Kier molecular flexibility index (Phi) is 5.18. The van der Waals surface area contributed by atoms with Crippen molar-refractivity contribution >= 4 is 17.3 Å². The van der Waals surface area contributed by atoms with Gasteiger partial charge in [0.15, 0.2) is 0 Å². The summed E-state index contributed by atoms with van der Waals surface area (Å²) < 4.78 is 0. The number of carbonyl (C=O) groups is 1. The molecule has 0 radical (unpaired) electrons. The maximum atomic E-state index is 13.1. The number of piperazine rings is 1. The molecule has 1 saturated heterocycles. The van der Waals surface area contributed by atoms with Crippen LogP contribution in [0.15, 0.2) is 42.5 Å². The normalized spacial score (nSPS) is 17.1. The molecule has 2 aromatic carbocycles. The number of carbonyl (C=O) groups excluding carboxylic acids is 1. The third-order valence-electron chi connectivity index (χ3n) is 4.79. The van der Waals surface area contributed by atoms with Gasteiger partial charge in [0.1, 0.15) is 5.69 Å². The van der Waals surface area contributed by atoms with Gasteiger partial charge in [-0.05, 0) is 23.6 Å². The van der Waals surface area contributed by atoms with E-state index in [-0.39, 0.29) is 28.9 Å². The number of hydrogen-bond acceptors (Lipinski definition) is 5. The second-order valence-electron chi connectivity index (χ2n) is 6.31. The molecule has 0 bridgehead atoms. The highest BCUT2D eigenvalue weighted by Gasteiger charge is 2.31. The molecule has 26 heavy (non-hydrogen) atoms. The Morgan fingerprint density at radius 3 is 2.69 bits per heavy atom. The highest BCUT2D eigenvalue weighted by molar-refractivity contribution is 6.01. The Labute approximate surface area is 152 Å². The number of para-hydroxylation sites is 1. The van der Waals surface area contributed by atoms with Gasteiger partial charge in [0, 0.05) is 25.7 Å². The molecule has 1 heterocycles. The first kappa shape index (κ1) is 17.9. The van der Waals surface area contributed by atoms with Crippen LogP contribution in [0.25, 0.3) is 0 Å². The molecule has 0 aromatic heterocycles. The average molecular weight is 354 g/mol. The van der Waals surface area contributed by atoms with E-state index in [0.717, 1.165) is 12.0 Å². The van der Waals surface area contributed by atoms with Crippen molar-refractivity contribution in [2.75, 3.05) is 25.4 Å². The lowest BCUT2D eigenvalue weighted by Crippen LogP contribution is -2.48. The van der Waals surface area contributed by atoms with Gasteiger partial charge in [-0.3, -0.25) is 14.9 Å². The van der Waals surface area contributed by atoms with Crippen LogP contribution in [0.4, 0.5) is 11.4 Å². The summed E-state index contributed by atoms with van der Waals surface area (Å²) in [6, 6.07) is 12.4. The van der Waals surface area contributed by atoms with Crippen molar-refractivity contribution < 1.29 is 9.72 Å². The minimum atomic E-state index is -0.565. The van der Waals surface area contributed by atoms with Gasteiger partial charge in [-0.25, -0.2) is 0 Å². The van der Waals surface area contributed by atoms with Crippen molar-refractivity contribution in [2.45, 2.75) is 19.4 Å². The molecule has 7 nitrogen and oxygen atoms in total. The lowest BCUT2D eigenvalue weighted by atomic mass is 9.99. The smallest absolute Gasteiger partial charge is 0.292 e. The molecule has 1 aliphatic rings. The molecule has 136 valence electrons. The predicted octanol–water partition coefficient (Wildman–Crippen LogP) is 2.53. The number of aryl methyl sites for hydroxylation is 1. The van der Waals surface area contributed by atoms with Crippen LogP contribution in [-0.4, -0.2) is 35.4 Å². The van der Waals surface area contributed by atoms with E-state index >= 15 is 0 Å². The Morgan fingerprint density at radius 2 is 2.04 bits per heavy atom. The highest BCUT2D eigenvalue weighted by Crippen LogP contribution is 2.30. The van der Waals surface area contributed by atoms with Crippen LogP contribution >= 0.6 is 0 Å². The molecule has 3 N–H and O–H groups in total. The number of nitrogens with two attached hydrogens (primary N) is 1. The fourth-order valence-corrected chi connectivity index (χ4v) is 3.27. The lowest BCUT2D eigenvalue weighted by Gasteiger charge is -2.37. The molecule has 1 aliphatic heterocycles. The van der Waals surface area contributed by atoms with Gasteiger partial charge in [0.05, 0.1) is 16.5 Å². The third-order valence-corrected chi connectivity index (χ3v) is 4.79. The maximum Gasteiger partial charge on any atom is 0.292 e. The Balaban J connectivity index is 1.93. The third kappa shape index (κ3) is 3.39. The van der Waals surface area contributed by atoms with Crippen molar-refractivity contribution in [3.8, 4) is 0 Å². The van der Waals surface area contributed by atoms with Gasteiger partial charge in [-0.2, -0.15) is 0 Å². The molecule has 1 atom stereocenters. The zero-order valence-electron chi connectivity index (χ0n) is 14.6. The van der Waals surface area contributed by atoms with Crippen LogP contribution in [0.1, 0.15) is 34.5 Å². The second kappa shape index (κ2) is 7.53. The van der Waals surface area contributed by atoms with Crippen molar-refractivity contribution in [3.63, 3.8) is 0 Å². The number of benzene rings is 2. The van der Waals surface area contributed by atoms with Gasteiger partial charge in [0.25, 0.3) is 11.6 Å². The molecular weight excluding hydrogens is 332 g/mol. The molecule has 1 amide bonds. The first-order valence-corrected chi connectivity index (χ1v) is 8.66. The SMILES string of the molecule is CCc1ccc(C2CNCCN2C(=O)c2cccc([N+](=O)[O-])c2N)cc1. The summed E-state index contributed by atoms with van der Waals surface area (Å²) in [5.74, 6) is -0.280. The largest absolute Gasteiger partial charge is 0.393 e. The van der Waals surface area contributed by atoms with E-state index in [1.165, 1.54) is 17.7 Å². The summed E-state index contributed by atoms with van der Waals surface area (Å²) in [6.45, 7) is 3.91. The summed E-state index contributed by atoms with van der Waals surface area (Å²) in [6.07, 6.45) is 0.954. The average Bonchev–Trinajstić information content (AvgIpc) is 2.67. The molecule has 0 saturated carbocycles. The van der Waals surface area contributed by atoms with Crippen LogP contribution in [0, 0.1) is 10.1 Å². The van der Waals surface area contributed by atoms with E-state index in [2.05, 4.69) is 24.4 Å². The first-order valence-electron chi connectivity index (χ1n) is 8.66. The Hall–Kier alpha value is -2.93. The Morgan fingerprint density at radius 1 is 1.31 bits per heavy atom. The van der Waals surface area contributed by atoms with Gasteiger partial charge in [-0.1, -0.05) is 37.3 Å². The number of nitro benzene ring substituents is 1. The quantitative estimate of drug-likeness (QED) is 0.499. The molecule has 0 spiro atoms. The summed E-state index contributed by atoms with van der Waals surface area (Å²) in [5, 5.41) is 14.4. The second-order valence-corrected chi connectivity index (χ2v) is 6.31. The van der Waals surface area contributed by atoms with Gasteiger partial charge in [-0.15, -0.1) is 0 Å². The number of nitrogen functional groups attached to an aromatic ring is 1. The molecule has 2 aromatic rings. The van der Waals surface area contributed by atoms with Crippen LogP contribution in [0.2, 0.25) is 0 Å². The lowest BCUT2D eigenvalue weighted by molar-refractivity contribution is -0.383. The van der Waals surface area contributed by atoms with E-state index in [9.17, 15) is 14.9 Å². The van der Waals surface area contributed by atoms with Crippen LogP contribution in [0.5, 0.6) is 0 Å². The molecule has 1 fully saturated rings. The van der Waals surface area contributed by atoms with Gasteiger partial charge >= 0.3 is 0 Å². The minimum Gasteiger partial charge on any atom is -0.393 e. The van der Waals surface area contributed by atoms with E-state index in [4.69, 9.17) is 5.73 Å². The van der Waals surface area contributed by atoms with Crippen molar-refractivity contribution in [1.29, 1.82) is 0 Å². The van der Waals surface area contributed by atoms with Crippen molar-refractivity contribution in [3.05, 3.63) is 69.3 Å². The van der Waals surface area contributed by atoms with Crippen LogP contribution in [-0.2, 0) is 6.42 Å². The minimum absolute atomic E-state index is 0.0823. The van der Waals surface area contributed by atoms with Gasteiger partial charge in [0.2, 0.25) is 0 Å². The number of hydrogen-bond donors (Lipinski definition) is 2. The van der Waals surface area contributed by atoms with Gasteiger partial charge < -0.3 is 16.0 Å². The summed E-state index contributed by atoms with van der Waals surface area (Å²) in [4.78, 5) is 25.4. The monoisotopic (exact) mass is 354 g/mol. The van der Waals surface area contributed by atoms with E-state index in [1.54, 1.807) is 11.0 Å². The Bertz CT molecular complexity index is 820. The van der Waals surface area contributed by atoms with E-state index in [1.807, 2.05) is 12.1 Å². The highest BCUT2D eigenvalue weighted by atomic mass is 16.6. The number of rotatable bonds is 4. The predicted molar refractivity (Wildman–Crippen MR) is 100.0 cm³/mol. The number of anilines is 1. The fourth-order valence-electron chi connectivity index (χ4n) is 3.27. The standard InChI is InChI=1S/C19H22N4O3/c1-2-13-6-8-14(9-7-13)17-12-21-10-11-22(17)19(24)15-4-3-5-16(18(15)20)23(25)26/h3-9,17,21H,2,10-12,20H2,1H3. The number of nitrogens with zero attached hydrogens (tertiary/aromatic N) is 2. The number of nitrogens with one attached hydrogen (secondary N) is 1. The summed E-state index contributed by atoms with van der Waals surface area (Å²) >= 11 is 0. The summed E-state index contributed by atoms with van der Waals surface area (Å²) in [7, 11) is 0. The van der Waals surface area contributed by atoms with Crippen LogP contribution < -0.4 is 11.1 Å². The molecular formula is C19H22N4O3. The van der Waals surface area contributed by atoms with Crippen molar-refractivity contribution in [2.24, 2.45) is 0 Å². The molecule has 7 heteroatoms.